The second kappa shape index (κ2) is 5.17. The van der Waals surface area contributed by atoms with E-state index in [1.807, 2.05) is 0 Å². The summed E-state index contributed by atoms with van der Waals surface area (Å²) in [5.41, 5.74) is 0.291. The van der Waals surface area contributed by atoms with Crippen LogP contribution in [0.5, 0.6) is 0 Å². The number of ether oxygens (including phenoxy) is 1. The average molecular weight is 252 g/mol. The lowest BCUT2D eigenvalue weighted by atomic mass is 9.78. The van der Waals surface area contributed by atoms with Crippen LogP contribution in [0.2, 0.25) is 0 Å². The fourth-order valence-electron chi connectivity index (χ4n) is 3.65. The molecule has 1 unspecified atom stereocenters. The highest BCUT2D eigenvalue weighted by Crippen LogP contribution is 2.39. The van der Waals surface area contributed by atoms with Gasteiger partial charge in [-0.25, -0.2) is 0 Å². The Labute approximate surface area is 109 Å². The fraction of sp³-hybridized carbons (Fsp3) is 0.929. The van der Waals surface area contributed by atoms with Crippen LogP contribution in [-0.4, -0.2) is 49.7 Å². The van der Waals surface area contributed by atoms with Crippen LogP contribution in [0.3, 0.4) is 0 Å². The topological polar surface area (TPSA) is 41.6 Å². The number of hydrogen-bond donors (Lipinski definition) is 1. The molecule has 0 bridgehead atoms. The Morgan fingerprint density at radius 1 is 1.39 bits per heavy atom. The molecule has 4 nitrogen and oxygen atoms in total. The highest BCUT2D eigenvalue weighted by Gasteiger charge is 2.43. The van der Waals surface area contributed by atoms with Gasteiger partial charge in [0.2, 0.25) is 5.91 Å². The molecule has 102 valence electrons. The highest BCUT2D eigenvalue weighted by molar-refractivity contribution is 5.79. The van der Waals surface area contributed by atoms with E-state index >= 15 is 0 Å². The maximum Gasteiger partial charge on any atom is 0.223 e. The van der Waals surface area contributed by atoms with E-state index in [2.05, 4.69) is 10.2 Å². The van der Waals surface area contributed by atoms with E-state index in [0.29, 0.717) is 17.4 Å². The van der Waals surface area contributed by atoms with E-state index in [-0.39, 0.29) is 0 Å². The van der Waals surface area contributed by atoms with Gasteiger partial charge in [-0.15, -0.1) is 0 Å². The minimum absolute atomic E-state index is 0.291. The van der Waals surface area contributed by atoms with E-state index in [4.69, 9.17) is 4.74 Å². The molecule has 0 aromatic heterocycles. The number of nitrogens with zero attached hydrogens (tertiary/aromatic N) is 1. The van der Waals surface area contributed by atoms with Gasteiger partial charge in [0.05, 0.1) is 6.10 Å². The number of carbonyl (C=O) groups is 1. The molecule has 0 aromatic carbocycles. The van der Waals surface area contributed by atoms with Gasteiger partial charge in [-0.1, -0.05) is 0 Å². The van der Waals surface area contributed by atoms with Gasteiger partial charge in [0.15, 0.2) is 0 Å². The second-order valence-corrected chi connectivity index (χ2v) is 6.17. The maximum absolute atomic E-state index is 12.1. The van der Waals surface area contributed by atoms with E-state index in [0.717, 1.165) is 58.5 Å². The lowest BCUT2D eigenvalue weighted by molar-refractivity contribution is -0.128. The molecular formula is C14H24N2O2. The summed E-state index contributed by atoms with van der Waals surface area (Å²) in [4.78, 5) is 14.2. The third kappa shape index (κ3) is 2.54. The van der Waals surface area contributed by atoms with Crippen LogP contribution in [0, 0.1) is 5.41 Å². The molecule has 3 saturated heterocycles. The molecule has 0 saturated carbocycles. The summed E-state index contributed by atoms with van der Waals surface area (Å²) in [6.07, 6.45) is 6.90. The lowest BCUT2D eigenvalue weighted by Gasteiger charge is -2.33. The van der Waals surface area contributed by atoms with Gasteiger partial charge in [0, 0.05) is 26.1 Å². The lowest BCUT2D eigenvalue weighted by Crippen LogP contribution is -2.39. The zero-order valence-electron chi connectivity index (χ0n) is 11.1. The van der Waals surface area contributed by atoms with Gasteiger partial charge in [-0.3, -0.25) is 4.79 Å². The Balaban J connectivity index is 1.52. The van der Waals surface area contributed by atoms with Crippen LogP contribution in [0.1, 0.15) is 38.5 Å². The molecule has 1 atom stereocenters. The van der Waals surface area contributed by atoms with Crippen LogP contribution < -0.4 is 5.32 Å². The highest BCUT2D eigenvalue weighted by atomic mass is 16.5. The van der Waals surface area contributed by atoms with Crippen molar-refractivity contribution in [1.29, 1.82) is 0 Å². The standard InChI is InChI=1S/C14H24N2O2/c17-13-10-14(4-6-15-7-5-14)11-16(13)8-3-12-2-1-9-18-12/h12,15H,1-11H2. The molecular weight excluding hydrogens is 228 g/mol. The second-order valence-electron chi connectivity index (χ2n) is 6.17. The van der Waals surface area contributed by atoms with Crippen molar-refractivity contribution in [2.45, 2.75) is 44.6 Å². The summed E-state index contributed by atoms with van der Waals surface area (Å²) < 4.78 is 5.64. The smallest absolute Gasteiger partial charge is 0.223 e. The normalized spacial score (nSPS) is 31.4. The van der Waals surface area contributed by atoms with Crippen molar-refractivity contribution in [3.63, 3.8) is 0 Å². The first-order valence-corrected chi connectivity index (χ1v) is 7.38. The van der Waals surface area contributed by atoms with Crippen molar-refractivity contribution < 1.29 is 9.53 Å². The van der Waals surface area contributed by atoms with Crippen molar-refractivity contribution in [3.05, 3.63) is 0 Å². The Morgan fingerprint density at radius 3 is 2.94 bits per heavy atom. The predicted molar refractivity (Wildman–Crippen MR) is 69.3 cm³/mol. The molecule has 1 N–H and O–H groups in total. The van der Waals surface area contributed by atoms with E-state index in [1.165, 1.54) is 12.8 Å². The molecule has 18 heavy (non-hydrogen) atoms. The van der Waals surface area contributed by atoms with Crippen LogP contribution in [0.25, 0.3) is 0 Å². The summed E-state index contributed by atoms with van der Waals surface area (Å²) in [7, 11) is 0. The first-order valence-electron chi connectivity index (χ1n) is 7.38. The van der Waals surface area contributed by atoms with Crippen LogP contribution in [0.4, 0.5) is 0 Å². The zero-order chi connectivity index (χ0) is 12.4. The Kier molecular flexibility index (Phi) is 3.57. The summed E-state index contributed by atoms with van der Waals surface area (Å²) in [5.74, 6) is 0.370. The molecule has 0 aromatic rings. The van der Waals surface area contributed by atoms with Crippen LogP contribution >= 0.6 is 0 Å². The SMILES string of the molecule is O=C1CC2(CCNCC2)CN1CCC1CCCO1. The van der Waals surface area contributed by atoms with Gasteiger partial charge in [-0.2, -0.15) is 0 Å². The van der Waals surface area contributed by atoms with Crippen molar-refractivity contribution in [2.24, 2.45) is 5.41 Å². The third-order valence-corrected chi connectivity index (χ3v) is 4.81. The van der Waals surface area contributed by atoms with Crippen LogP contribution in [0.15, 0.2) is 0 Å². The molecule has 1 spiro atoms. The van der Waals surface area contributed by atoms with Gasteiger partial charge in [0.1, 0.15) is 0 Å². The zero-order valence-corrected chi connectivity index (χ0v) is 11.1. The Hall–Kier alpha value is -0.610. The molecule has 3 fully saturated rings. The van der Waals surface area contributed by atoms with Gasteiger partial charge >= 0.3 is 0 Å². The number of piperidine rings is 1. The third-order valence-electron chi connectivity index (χ3n) is 4.81. The molecule has 3 heterocycles. The van der Waals surface area contributed by atoms with Gasteiger partial charge < -0.3 is 15.0 Å². The largest absolute Gasteiger partial charge is 0.378 e. The van der Waals surface area contributed by atoms with Crippen molar-refractivity contribution >= 4 is 5.91 Å². The summed E-state index contributed by atoms with van der Waals surface area (Å²) in [6, 6.07) is 0. The van der Waals surface area contributed by atoms with E-state index in [9.17, 15) is 4.79 Å². The molecule has 3 aliphatic rings. The summed E-state index contributed by atoms with van der Waals surface area (Å²) in [6.45, 7) is 4.95. The minimum Gasteiger partial charge on any atom is -0.378 e. The monoisotopic (exact) mass is 252 g/mol. The quantitative estimate of drug-likeness (QED) is 0.819. The van der Waals surface area contributed by atoms with Crippen molar-refractivity contribution in [1.82, 2.24) is 10.2 Å². The maximum atomic E-state index is 12.1. The number of rotatable bonds is 3. The van der Waals surface area contributed by atoms with Crippen molar-refractivity contribution in [3.8, 4) is 0 Å². The molecule has 0 aliphatic carbocycles. The number of hydrogen-bond acceptors (Lipinski definition) is 3. The number of carbonyl (C=O) groups excluding carboxylic acids is 1. The number of nitrogens with one attached hydrogen (secondary N) is 1. The minimum atomic E-state index is 0.291. The van der Waals surface area contributed by atoms with Crippen LogP contribution in [-0.2, 0) is 9.53 Å². The van der Waals surface area contributed by atoms with Crippen molar-refractivity contribution in [2.75, 3.05) is 32.8 Å². The number of likely N-dealkylation sites (tertiary alicyclic amines) is 1. The molecule has 0 radical (unpaired) electrons. The molecule has 1 amide bonds. The van der Waals surface area contributed by atoms with E-state index in [1.54, 1.807) is 0 Å². The Bertz CT molecular complexity index is 307. The first kappa shape index (κ1) is 12.4. The average Bonchev–Trinajstić information content (AvgIpc) is 2.97. The van der Waals surface area contributed by atoms with Gasteiger partial charge in [0.25, 0.3) is 0 Å². The van der Waals surface area contributed by atoms with E-state index < -0.39 is 0 Å². The first-order chi connectivity index (χ1) is 8.77. The number of amides is 1. The molecule has 3 rings (SSSR count). The Morgan fingerprint density at radius 2 is 2.22 bits per heavy atom. The molecule has 4 heteroatoms. The fourth-order valence-corrected chi connectivity index (χ4v) is 3.65. The predicted octanol–water partition coefficient (Wildman–Crippen LogP) is 1.16. The summed E-state index contributed by atoms with van der Waals surface area (Å²) >= 11 is 0. The summed E-state index contributed by atoms with van der Waals surface area (Å²) in [5, 5.41) is 3.39. The molecule has 3 aliphatic heterocycles. The van der Waals surface area contributed by atoms with Gasteiger partial charge in [-0.05, 0) is 50.6 Å².